The van der Waals surface area contributed by atoms with E-state index in [1.807, 2.05) is 27.7 Å². The summed E-state index contributed by atoms with van der Waals surface area (Å²) in [7, 11) is -4.03. The molecule has 0 aromatic heterocycles. The Hall–Kier alpha value is -0.925. The van der Waals surface area contributed by atoms with Crippen LogP contribution in [0.25, 0.3) is 0 Å². The summed E-state index contributed by atoms with van der Waals surface area (Å²) in [5.41, 5.74) is -0.0382. The third-order valence-electron chi connectivity index (χ3n) is 5.26. The molecular weight excluding hydrogens is 341 g/mol. The summed E-state index contributed by atoms with van der Waals surface area (Å²) in [6, 6.07) is 6.63. The van der Waals surface area contributed by atoms with Crippen LogP contribution in [0, 0.1) is 0 Å². The van der Waals surface area contributed by atoms with E-state index in [1.54, 1.807) is 24.3 Å². The fourth-order valence-corrected chi connectivity index (χ4v) is 4.19. The van der Waals surface area contributed by atoms with Crippen LogP contribution in [0.5, 0.6) is 0 Å². The smallest absolute Gasteiger partial charge is 0.399 e. The molecule has 3 rings (SSSR count). The highest BCUT2D eigenvalue weighted by atomic mass is 32.2. The SMILES string of the molecule is CC1(C)OB(c2ccc(S(=O)(=O)NC3CCOCC3)cc2)OC1(C)C. The highest BCUT2D eigenvalue weighted by molar-refractivity contribution is 7.89. The molecule has 0 saturated carbocycles. The second-order valence-electron chi connectivity index (χ2n) is 7.67. The average Bonchev–Trinajstić information content (AvgIpc) is 2.76. The normalized spacial score (nSPS) is 23.8. The van der Waals surface area contributed by atoms with Crippen LogP contribution in [0.2, 0.25) is 0 Å². The molecule has 25 heavy (non-hydrogen) atoms. The van der Waals surface area contributed by atoms with Crippen LogP contribution in [0.3, 0.4) is 0 Å². The molecule has 0 aliphatic carbocycles. The summed E-state index contributed by atoms with van der Waals surface area (Å²) in [4.78, 5) is 0.249. The van der Waals surface area contributed by atoms with E-state index in [2.05, 4.69) is 4.72 Å². The van der Waals surface area contributed by atoms with Crippen molar-refractivity contribution in [1.29, 1.82) is 0 Å². The zero-order valence-corrected chi connectivity index (χ0v) is 16.1. The molecule has 138 valence electrons. The largest absolute Gasteiger partial charge is 0.494 e. The van der Waals surface area contributed by atoms with Crippen molar-refractivity contribution in [3.63, 3.8) is 0 Å². The Morgan fingerprint density at radius 2 is 1.52 bits per heavy atom. The van der Waals surface area contributed by atoms with Crippen LogP contribution in [-0.4, -0.2) is 46.0 Å². The van der Waals surface area contributed by atoms with Gasteiger partial charge in [0.05, 0.1) is 16.1 Å². The quantitative estimate of drug-likeness (QED) is 0.816. The molecule has 1 N–H and O–H groups in total. The monoisotopic (exact) mass is 367 g/mol. The van der Waals surface area contributed by atoms with E-state index in [-0.39, 0.29) is 10.9 Å². The van der Waals surface area contributed by atoms with Crippen LogP contribution in [0.15, 0.2) is 29.2 Å². The molecule has 0 amide bonds. The van der Waals surface area contributed by atoms with E-state index in [9.17, 15) is 8.42 Å². The van der Waals surface area contributed by atoms with Crippen LogP contribution >= 0.6 is 0 Å². The molecule has 0 unspecified atom stereocenters. The van der Waals surface area contributed by atoms with Crippen molar-refractivity contribution in [3.8, 4) is 0 Å². The van der Waals surface area contributed by atoms with Gasteiger partial charge in [-0.25, -0.2) is 13.1 Å². The number of nitrogens with one attached hydrogen (secondary N) is 1. The van der Waals surface area contributed by atoms with Gasteiger partial charge < -0.3 is 14.0 Å². The van der Waals surface area contributed by atoms with E-state index >= 15 is 0 Å². The second kappa shape index (κ2) is 6.66. The lowest BCUT2D eigenvalue weighted by molar-refractivity contribution is 0.00578. The first-order valence-corrected chi connectivity index (χ1v) is 10.1. The Kier molecular flexibility index (Phi) is 5.03. The molecule has 1 aromatic carbocycles. The third-order valence-corrected chi connectivity index (χ3v) is 6.80. The predicted octanol–water partition coefficient (Wildman–Crippen LogP) is 1.44. The van der Waals surface area contributed by atoms with Gasteiger partial charge in [0, 0.05) is 19.3 Å². The maximum Gasteiger partial charge on any atom is 0.494 e. The molecule has 2 heterocycles. The number of sulfonamides is 1. The van der Waals surface area contributed by atoms with Crippen LogP contribution in [-0.2, 0) is 24.1 Å². The van der Waals surface area contributed by atoms with E-state index in [4.69, 9.17) is 14.0 Å². The molecular formula is C17H26BNO5S. The highest BCUT2D eigenvalue weighted by Gasteiger charge is 2.51. The van der Waals surface area contributed by atoms with Crippen LogP contribution in [0.1, 0.15) is 40.5 Å². The van der Waals surface area contributed by atoms with Crippen molar-refractivity contribution in [3.05, 3.63) is 24.3 Å². The number of rotatable bonds is 4. The Labute approximate surface area is 150 Å². The summed E-state index contributed by atoms with van der Waals surface area (Å²) in [6.07, 6.45) is 1.40. The zero-order valence-electron chi connectivity index (χ0n) is 15.2. The molecule has 0 spiro atoms. The topological polar surface area (TPSA) is 73.9 Å². The van der Waals surface area contributed by atoms with Gasteiger partial charge in [0.25, 0.3) is 0 Å². The van der Waals surface area contributed by atoms with Crippen molar-refractivity contribution in [2.45, 2.75) is 62.7 Å². The maximum absolute atomic E-state index is 12.5. The Morgan fingerprint density at radius 3 is 2.04 bits per heavy atom. The first-order chi connectivity index (χ1) is 11.6. The Balaban J connectivity index is 1.72. The van der Waals surface area contributed by atoms with Gasteiger partial charge in [0.2, 0.25) is 10.0 Å². The molecule has 0 atom stereocenters. The average molecular weight is 367 g/mol. The number of benzene rings is 1. The van der Waals surface area contributed by atoms with Crippen molar-refractivity contribution < 1.29 is 22.5 Å². The van der Waals surface area contributed by atoms with Crippen LogP contribution < -0.4 is 10.2 Å². The lowest BCUT2D eigenvalue weighted by atomic mass is 9.79. The Bertz CT molecular complexity index is 695. The predicted molar refractivity (Wildman–Crippen MR) is 96.3 cm³/mol. The van der Waals surface area contributed by atoms with Crippen molar-refractivity contribution in [1.82, 2.24) is 4.72 Å². The summed E-state index contributed by atoms with van der Waals surface area (Å²) >= 11 is 0. The number of hydrogen-bond donors (Lipinski definition) is 1. The van der Waals surface area contributed by atoms with Gasteiger partial charge in [-0.1, -0.05) is 12.1 Å². The van der Waals surface area contributed by atoms with Crippen LogP contribution in [0.4, 0.5) is 0 Å². The lowest BCUT2D eigenvalue weighted by Crippen LogP contribution is -2.41. The zero-order chi connectivity index (χ0) is 18.3. The molecule has 2 aliphatic rings. The number of ether oxygens (including phenoxy) is 1. The standard InChI is InChI=1S/C17H26BNO5S/c1-16(2)17(3,4)24-18(23-16)13-5-7-15(8-6-13)25(20,21)19-14-9-11-22-12-10-14/h5-8,14,19H,9-12H2,1-4H3. The molecule has 6 nitrogen and oxygen atoms in total. The molecule has 0 radical (unpaired) electrons. The minimum atomic E-state index is -3.53. The fourth-order valence-electron chi connectivity index (χ4n) is 2.89. The summed E-state index contributed by atoms with van der Waals surface area (Å²) in [6.45, 7) is 9.14. The summed E-state index contributed by atoms with van der Waals surface area (Å²) in [5, 5.41) is 0. The van der Waals surface area contributed by atoms with Gasteiger partial charge in [-0.2, -0.15) is 0 Å². The first-order valence-electron chi connectivity index (χ1n) is 8.66. The van der Waals surface area contributed by atoms with Gasteiger partial charge in [0.15, 0.2) is 0 Å². The molecule has 0 bridgehead atoms. The van der Waals surface area contributed by atoms with Crippen molar-refractivity contribution in [2.24, 2.45) is 0 Å². The van der Waals surface area contributed by atoms with E-state index in [0.717, 1.165) is 5.46 Å². The van der Waals surface area contributed by atoms with E-state index in [1.165, 1.54) is 0 Å². The minimum Gasteiger partial charge on any atom is -0.399 e. The van der Waals surface area contributed by atoms with E-state index in [0.29, 0.717) is 26.1 Å². The Morgan fingerprint density at radius 1 is 1.00 bits per heavy atom. The summed E-state index contributed by atoms with van der Waals surface area (Å²) < 4.78 is 45.1. The fraction of sp³-hybridized carbons (Fsp3) is 0.647. The van der Waals surface area contributed by atoms with Crippen molar-refractivity contribution in [2.75, 3.05) is 13.2 Å². The molecule has 8 heteroatoms. The van der Waals surface area contributed by atoms with Crippen molar-refractivity contribution >= 4 is 22.6 Å². The third kappa shape index (κ3) is 3.93. The van der Waals surface area contributed by atoms with Gasteiger partial charge in [0.1, 0.15) is 0 Å². The van der Waals surface area contributed by atoms with Gasteiger partial charge in [-0.15, -0.1) is 0 Å². The molecule has 2 saturated heterocycles. The molecule has 2 fully saturated rings. The van der Waals surface area contributed by atoms with E-state index < -0.39 is 28.3 Å². The molecule has 1 aromatic rings. The first kappa shape index (κ1) is 18.9. The summed E-state index contributed by atoms with van der Waals surface area (Å²) in [5.74, 6) is 0. The molecule has 2 aliphatic heterocycles. The van der Waals surface area contributed by atoms with Gasteiger partial charge in [-0.05, 0) is 58.1 Å². The maximum atomic E-state index is 12.5. The number of hydrogen-bond acceptors (Lipinski definition) is 5. The highest BCUT2D eigenvalue weighted by Crippen LogP contribution is 2.36. The minimum absolute atomic E-state index is 0.0680. The lowest BCUT2D eigenvalue weighted by Gasteiger charge is -2.32. The second-order valence-corrected chi connectivity index (χ2v) is 9.38. The van der Waals surface area contributed by atoms with Gasteiger partial charge in [-0.3, -0.25) is 0 Å². The van der Waals surface area contributed by atoms with Gasteiger partial charge >= 0.3 is 7.12 Å².